The first-order valence-corrected chi connectivity index (χ1v) is 13.1. The van der Waals surface area contributed by atoms with Gasteiger partial charge in [0.15, 0.2) is 0 Å². The fourth-order valence-electron chi connectivity index (χ4n) is 3.50. The lowest BCUT2D eigenvalue weighted by Crippen LogP contribution is -2.15. The van der Waals surface area contributed by atoms with Gasteiger partial charge in [0, 0.05) is 11.1 Å². The van der Waals surface area contributed by atoms with Crippen molar-refractivity contribution < 1.29 is 52.4 Å². The molecule has 0 saturated carbocycles. The van der Waals surface area contributed by atoms with Crippen molar-refractivity contribution in [3.63, 3.8) is 0 Å². The van der Waals surface area contributed by atoms with Crippen molar-refractivity contribution in [2.45, 2.75) is 12.8 Å². The molecule has 0 aromatic heterocycles. The average molecular weight is 603 g/mol. The minimum absolute atomic E-state index is 0.0202. The first-order chi connectivity index (χ1) is 21.1. The van der Waals surface area contributed by atoms with Crippen LogP contribution in [0.3, 0.4) is 0 Å². The fourth-order valence-corrected chi connectivity index (χ4v) is 3.50. The van der Waals surface area contributed by atoms with Crippen LogP contribution in [0.2, 0.25) is 0 Å². The maximum absolute atomic E-state index is 12.6. The Morgan fingerprint density at radius 1 is 0.568 bits per heavy atom. The highest BCUT2D eigenvalue weighted by Crippen LogP contribution is 2.26. The van der Waals surface area contributed by atoms with E-state index in [0.29, 0.717) is 17.1 Å². The van der Waals surface area contributed by atoms with E-state index in [-0.39, 0.29) is 43.0 Å². The molecular formula is C33H30O11. The van der Waals surface area contributed by atoms with E-state index in [0.717, 1.165) is 11.1 Å². The Hall–Kier alpha value is -5.71. The highest BCUT2D eigenvalue weighted by molar-refractivity contribution is 5.95. The van der Waals surface area contributed by atoms with Crippen LogP contribution in [-0.4, -0.2) is 57.3 Å². The van der Waals surface area contributed by atoms with Gasteiger partial charge < -0.3 is 28.4 Å². The molecule has 0 bridgehead atoms. The Balaban J connectivity index is 1.46. The van der Waals surface area contributed by atoms with Gasteiger partial charge in [-0.3, -0.25) is 9.59 Å². The molecule has 44 heavy (non-hydrogen) atoms. The standard InChI is InChI=1S/C33H30O11/c1-21(19-29(34)39-3)31(36)42-18-17-41-26-11-9-25(10-12-26)33(38)44-28-15-7-24(8-16-28)23-5-13-27(14-6-23)43-32(37)22(2)20-30(35)40-4/h5-16H,1-2,17-20H2,3-4H3. The molecule has 0 unspecified atom stereocenters. The molecule has 0 aliphatic carbocycles. The van der Waals surface area contributed by atoms with Crippen LogP contribution in [0.25, 0.3) is 11.1 Å². The van der Waals surface area contributed by atoms with Gasteiger partial charge in [0.1, 0.15) is 30.5 Å². The molecule has 11 heteroatoms. The van der Waals surface area contributed by atoms with Crippen molar-refractivity contribution in [3.05, 3.63) is 103 Å². The molecule has 3 rings (SSSR count). The van der Waals surface area contributed by atoms with Gasteiger partial charge >= 0.3 is 29.8 Å². The topological polar surface area (TPSA) is 141 Å². The summed E-state index contributed by atoms with van der Waals surface area (Å²) >= 11 is 0. The first-order valence-electron chi connectivity index (χ1n) is 13.1. The molecule has 3 aromatic carbocycles. The zero-order valence-electron chi connectivity index (χ0n) is 24.2. The van der Waals surface area contributed by atoms with Gasteiger partial charge in [-0.05, 0) is 59.7 Å². The van der Waals surface area contributed by atoms with Crippen molar-refractivity contribution in [1.29, 1.82) is 0 Å². The van der Waals surface area contributed by atoms with Crippen LogP contribution < -0.4 is 14.2 Å². The van der Waals surface area contributed by atoms with Crippen LogP contribution in [0, 0.1) is 0 Å². The van der Waals surface area contributed by atoms with Crippen molar-refractivity contribution in [3.8, 4) is 28.4 Å². The molecule has 0 N–H and O–H groups in total. The van der Waals surface area contributed by atoms with E-state index < -0.39 is 29.8 Å². The number of carbonyl (C=O) groups excluding carboxylic acids is 5. The summed E-state index contributed by atoms with van der Waals surface area (Å²) in [6.07, 6.45) is -0.518. The summed E-state index contributed by atoms with van der Waals surface area (Å²) in [5.41, 5.74) is 1.91. The lowest BCUT2D eigenvalue weighted by molar-refractivity contribution is -0.144. The highest BCUT2D eigenvalue weighted by Gasteiger charge is 2.15. The molecule has 11 nitrogen and oxygen atoms in total. The van der Waals surface area contributed by atoms with Gasteiger partial charge in [-0.15, -0.1) is 0 Å². The highest BCUT2D eigenvalue weighted by atomic mass is 16.6. The van der Waals surface area contributed by atoms with E-state index in [9.17, 15) is 24.0 Å². The second-order valence-electron chi connectivity index (χ2n) is 9.05. The maximum atomic E-state index is 12.6. The van der Waals surface area contributed by atoms with Crippen LogP contribution in [-0.2, 0) is 33.4 Å². The van der Waals surface area contributed by atoms with Gasteiger partial charge in [-0.2, -0.15) is 0 Å². The summed E-state index contributed by atoms with van der Waals surface area (Å²) < 4.78 is 30.2. The number of hydrogen-bond donors (Lipinski definition) is 0. The summed E-state index contributed by atoms with van der Waals surface area (Å²) in [4.78, 5) is 59.0. The van der Waals surface area contributed by atoms with Gasteiger partial charge in [-0.1, -0.05) is 37.4 Å². The van der Waals surface area contributed by atoms with E-state index in [2.05, 4.69) is 22.6 Å². The molecule has 0 heterocycles. The average Bonchev–Trinajstić information content (AvgIpc) is 3.03. The van der Waals surface area contributed by atoms with E-state index in [1.165, 1.54) is 26.4 Å². The normalized spacial score (nSPS) is 10.1. The molecule has 0 fully saturated rings. The number of rotatable bonds is 14. The second kappa shape index (κ2) is 16.1. The van der Waals surface area contributed by atoms with Crippen LogP contribution >= 0.6 is 0 Å². The van der Waals surface area contributed by atoms with E-state index in [1.807, 2.05) is 0 Å². The zero-order valence-corrected chi connectivity index (χ0v) is 24.2. The predicted octanol–water partition coefficient (Wildman–Crippen LogP) is 4.64. The van der Waals surface area contributed by atoms with Crippen molar-refractivity contribution in [1.82, 2.24) is 0 Å². The first kappa shape index (κ1) is 32.8. The van der Waals surface area contributed by atoms with Crippen molar-refractivity contribution >= 4 is 29.8 Å². The second-order valence-corrected chi connectivity index (χ2v) is 9.05. The van der Waals surface area contributed by atoms with Crippen molar-refractivity contribution in [2.75, 3.05) is 27.4 Å². The molecule has 0 aliphatic rings. The third-order valence-corrected chi connectivity index (χ3v) is 5.89. The van der Waals surface area contributed by atoms with Crippen molar-refractivity contribution in [2.24, 2.45) is 0 Å². The smallest absolute Gasteiger partial charge is 0.343 e. The van der Waals surface area contributed by atoms with E-state index >= 15 is 0 Å². The molecule has 0 spiro atoms. The number of benzene rings is 3. The van der Waals surface area contributed by atoms with Gasteiger partial charge in [-0.25, -0.2) is 14.4 Å². The van der Waals surface area contributed by atoms with E-state index in [4.69, 9.17) is 18.9 Å². The largest absolute Gasteiger partial charge is 0.490 e. The Kier molecular flexibility index (Phi) is 12.0. The van der Waals surface area contributed by atoms with Crippen LogP contribution in [0.5, 0.6) is 17.2 Å². The summed E-state index contributed by atoms with van der Waals surface area (Å²) in [6, 6.07) is 19.8. The number of methoxy groups -OCH3 is 2. The third-order valence-electron chi connectivity index (χ3n) is 5.89. The summed E-state index contributed by atoms with van der Waals surface area (Å²) in [5.74, 6) is -2.12. The minimum atomic E-state index is -0.726. The van der Waals surface area contributed by atoms with Crippen LogP contribution in [0.1, 0.15) is 23.2 Å². The molecule has 0 radical (unpaired) electrons. The molecule has 0 atom stereocenters. The Morgan fingerprint density at radius 2 is 1.02 bits per heavy atom. The van der Waals surface area contributed by atoms with Gasteiger partial charge in [0.05, 0.1) is 32.6 Å². The van der Waals surface area contributed by atoms with Gasteiger partial charge in [0.25, 0.3) is 0 Å². The van der Waals surface area contributed by atoms with Gasteiger partial charge in [0.2, 0.25) is 0 Å². The lowest BCUT2D eigenvalue weighted by Gasteiger charge is -2.09. The summed E-state index contributed by atoms with van der Waals surface area (Å²) in [5, 5.41) is 0. The molecular weight excluding hydrogens is 572 g/mol. The van der Waals surface area contributed by atoms with E-state index in [1.54, 1.807) is 60.7 Å². The minimum Gasteiger partial charge on any atom is -0.490 e. The number of ether oxygens (including phenoxy) is 6. The lowest BCUT2D eigenvalue weighted by atomic mass is 10.1. The summed E-state index contributed by atoms with van der Waals surface area (Å²) in [6.45, 7) is 7.02. The monoisotopic (exact) mass is 602 g/mol. The quantitative estimate of drug-likeness (QED) is 0.0838. The summed E-state index contributed by atoms with van der Waals surface area (Å²) in [7, 11) is 2.43. The maximum Gasteiger partial charge on any atom is 0.343 e. The Labute approximate surface area is 253 Å². The number of hydrogen-bond acceptors (Lipinski definition) is 11. The molecule has 0 aliphatic heterocycles. The third kappa shape index (κ3) is 9.98. The SMILES string of the molecule is C=C(CC(=O)OC)C(=O)OCCOc1ccc(C(=O)Oc2ccc(-c3ccc(OC(=O)C(=C)CC(=O)OC)cc3)cc2)cc1. The zero-order chi connectivity index (χ0) is 32.1. The number of esters is 5. The molecule has 3 aromatic rings. The molecule has 0 saturated heterocycles. The fraction of sp³-hybridized carbons (Fsp3) is 0.182. The molecule has 228 valence electrons. The Bertz CT molecular complexity index is 1520. The van der Waals surface area contributed by atoms with Crippen LogP contribution in [0.15, 0.2) is 97.1 Å². The van der Waals surface area contributed by atoms with Crippen LogP contribution in [0.4, 0.5) is 0 Å². The predicted molar refractivity (Wildman–Crippen MR) is 157 cm³/mol. The molecule has 0 amide bonds. The number of carbonyl (C=O) groups is 5. The Morgan fingerprint density at radius 3 is 1.52 bits per heavy atom.